The lowest BCUT2D eigenvalue weighted by Crippen LogP contribution is -2.15. The molecule has 2 aliphatic carbocycles. The van der Waals surface area contributed by atoms with Gasteiger partial charge in [-0.3, -0.25) is 0 Å². The fraction of sp³-hybridized carbons (Fsp3) is 0.724. The van der Waals surface area contributed by atoms with Gasteiger partial charge in [0, 0.05) is 0 Å². The van der Waals surface area contributed by atoms with Gasteiger partial charge in [-0.1, -0.05) is 102 Å². The molecule has 0 heteroatoms. The maximum Gasteiger partial charge on any atom is -0.0162 e. The molecule has 2 fully saturated rings. The van der Waals surface area contributed by atoms with Gasteiger partial charge in [0.15, 0.2) is 0 Å². The normalized spacial score (nSPS) is 28.1. The topological polar surface area (TPSA) is 0 Å². The lowest BCUT2D eigenvalue weighted by atomic mass is 9.77. The minimum atomic E-state index is 0.804. The second-order valence-corrected chi connectivity index (χ2v) is 10.1. The van der Waals surface area contributed by atoms with Crippen molar-refractivity contribution in [1.29, 1.82) is 0 Å². The molecule has 2 saturated carbocycles. The van der Waals surface area contributed by atoms with Gasteiger partial charge < -0.3 is 0 Å². The minimum absolute atomic E-state index is 0.804. The molecule has 0 unspecified atom stereocenters. The molecule has 0 heterocycles. The van der Waals surface area contributed by atoms with Crippen molar-refractivity contribution in [3.05, 3.63) is 47.5 Å². The van der Waals surface area contributed by atoms with Gasteiger partial charge in [-0.2, -0.15) is 0 Å². The van der Waals surface area contributed by atoms with Crippen LogP contribution in [0.1, 0.15) is 121 Å². The van der Waals surface area contributed by atoms with Crippen molar-refractivity contribution in [2.75, 3.05) is 0 Å². The summed E-state index contributed by atoms with van der Waals surface area (Å²) in [7, 11) is 0. The number of benzene rings is 1. The molecule has 0 N–H and O–H groups in total. The molecule has 1 aromatic rings. The van der Waals surface area contributed by atoms with E-state index in [0.29, 0.717) is 0 Å². The monoisotopic (exact) mass is 394 g/mol. The van der Waals surface area contributed by atoms with E-state index < -0.39 is 0 Å². The van der Waals surface area contributed by atoms with Gasteiger partial charge >= 0.3 is 0 Å². The van der Waals surface area contributed by atoms with Crippen molar-refractivity contribution < 1.29 is 0 Å². The first-order chi connectivity index (χ1) is 14.3. The Morgan fingerprint density at radius 3 is 2.03 bits per heavy atom. The minimum Gasteiger partial charge on any atom is -0.0883 e. The molecule has 0 amide bonds. The van der Waals surface area contributed by atoms with E-state index in [2.05, 4.69) is 50.3 Å². The standard InChI is InChI=1S/C29H46/c1-3-5-7-9-25-16-20-28(21-17-25)29-22-18-27(19-23-29)15-14-26-12-10-24(11-13-26)8-6-4-2/h7,9,18-19,22-26,28H,3-6,8,10-17,20-21H2,1-2H3/b9-7+/t24-,25-,26-,28-. The van der Waals surface area contributed by atoms with Gasteiger partial charge in [0.05, 0.1) is 0 Å². The van der Waals surface area contributed by atoms with Gasteiger partial charge in [0.2, 0.25) is 0 Å². The summed E-state index contributed by atoms with van der Waals surface area (Å²) in [6.07, 6.45) is 25.9. The molecule has 29 heavy (non-hydrogen) atoms. The lowest BCUT2D eigenvalue weighted by Gasteiger charge is -2.28. The molecule has 0 saturated heterocycles. The quantitative estimate of drug-likeness (QED) is 0.347. The highest BCUT2D eigenvalue weighted by molar-refractivity contribution is 5.26. The predicted octanol–water partition coefficient (Wildman–Crippen LogP) is 9.25. The Kier molecular flexibility index (Phi) is 9.84. The zero-order valence-corrected chi connectivity index (χ0v) is 19.4. The zero-order chi connectivity index (χ0) is 20.3. The van der Waals surface area contributed by atoms with Gasteiger partial charge in [-0.05, 0) is 79.7 Å². The van der Waals surface area contributed by atoms with Crippen LogP contribution in [0.5, 0.6) is 0 Å². The number of unbranched alkanes of at least 4 members (excludes halogenated alkanes) is 2. The smallest absolute Gasteiger partial charge is 0.0162 e. The molecule has 3 rings (SSSR count). The molecular weight excluding hydrogens is 348 g/mol. The van der Waals surface area contributed by atoms with Gasteiger partial charge in [-0.25, -0.2) is 0 Å². The Bertz CT molecular complexity index is 565. The molecule has 0 aliphatic heterocycles. The molecule has 0 radical (unpaired) electrons. The maximum atomic E-state index is 2.50. The van der Waals surface area contributed by atoms with Crippen LogP contribution in [0.2, 0.25) is 0 Å². The van der Waals surface area contributed by atoms with Crippen molar-refractivity contribution in [2.24, 2.45) is 17.8 Å². The van der Waals surface area contributed by atoms with Gasteiger partial charge in [0.25, 0.3) is 0 Å². The lowest BCUT2D eigenvalue weighted by molar-refractivity contribution is 0.250. The number of allylic oxidation sites excluding steroid dienone is 2. The summed E-state index contributed by atoms with van der Waals surface area (Å²) in [5, 5.41) is 0. The first kappa shape index (κ1) is 22.6. The summed E-state index contributed by atoms with van der Waals surface area (Å²) in [5.41, 5.74) is 3.17. The van der Waals surface area contributed by atoms with Crippen molar-refractivity contribution in [2.45, 2.75) is 116 Å². The third kappa shape index (κ3) is 7.62. The first-order valence-electron chi connectivity index (χ1n) is 13.0. The van der Waals surface area contributed by atoms with E-state index in [1.165, 1.54) is 96.3 Å². The van der Waals surface area contributed by atoms with Crippen molar-refractivity contribution in [3.8, 4) is 0 Å². The maximum absolute atomic E-state index is 2.50. The summed E-state index contributed by atoms with van der Waals surface area (Å²) < 4.78 is 0. The fourth-order valence-electron chi connectivity index (χ4n) is 5.73. The third-order valence-electron chi connectivity index (χ3n) is 7.86. The Morgan fingerprint density at radius 2 is 1.41 bits per heavy atom. The highest BCUT2D eigenvalue weighted by Gasteiger charge is 2.22. The number of hydrogen-bond donors (Lipinski definition) is 0. The average molecular weight is 395 g/mol. The Morgan fingerprint density at radius 1 is 0.759 bits per heavy atom. The molecule has 1 aromatic carbocycles. The molecule has 0 bridgehead atoms. The van der Waals surface area contributed by atoms with Crippen molar-refractivity contribution in [3.63, 3.8) is 0 Å². The van der Waals surface area contributed by atoms with Crippen molar-refractivity contribution in [1.82, 2.24) is 0 Å². The van der Waals surface area contributed by atoms with Crippen LogP contribution in [-0.4, -0.2) is 0 Å². The Balaban J connectivity index is 1.36. The molecule has 2 aliphatic rings. The highest BCUT2D eigenvalue weighted by atomic mass is 14.3. The molecule has 162 valence electrons. The Labute approximate surface area is 181 Å². The predicted molar refractivity (Wildman–Crippen MR) is 128 cm³/mol. The second-order valence-electron chi connectivity index (χ2n) is 10.1. The molecule has 0 nitrogen and oxygen atoms in total. The van der Waals surface area contributed by atoms with Gasteiger partial charge in [-0.15, -0.1) is 0 Å². The van der Waals surface area contributed by atoms with Crippen molar-refractivity contribution >= 4 is 0 Å². The van der Waals surface area contributed by atoms with Crippen LogP contribution in [0.15, 0.2) is 36.4 Å². The van der Waals surface area contributed by atoms with E-state index in [1.54, 1.807) is 11.1 Å². The van der Waals surface area contributed by atoms with Crippen LogP contribution >= 0.6 is 0 Å². The van der Waals surface area contributed by atoms with Crippen LogP contribution in [0.3, 0.4) is 0 Å². The molecule has 0 spiro atoms. The van der Waals surface area contributed by atoms with E-state index >= 15 is 0 Å². The summed E-state index contributed by atoms with van der Waals surface area (Å²) in [6, 6.07) is 9.79. The van der Waals surface area contributed by atoms with E-state index in [9.17, 15) is 0 Å². The van der Waals surface area contributed by atoms with Crippen LogP contribution in [0.25, 0.3) is 0 Å². The van der Waals surface area contributed by atoms with Gasteiger partial charge in [0.1, 0.15) is 0 Å². The summed E-state index contributed by atoms with van der Waals surface area (Å²) in [6.45, 7) is 4.60. The average Bonchev–Trinajstić information content (AvgIpc) is 2.78. The van der Waals surface area contributed by atoms with Crippen LogP contribution < -0.4 is 0 Å². The highest BCUT2D eigenvalue weighted by Crippen LogP contribution is 2.37. The zero-order valence-electron chi connectivity index (χ0n) is 19.4. The van der Waals surface area contributed by atoms with Crippen LogP contribution in [0.4, 0.5) is 0 Å². The van der Waals surface area contributed by atoms with E-state index in [1.807, 2.05) is 0 Å². The fourth-order valence-corrected chi connectivity index (χ4v) is 5.73. The molecule has 0 aromatic heterocycles. The number of rotatable bonds is 10. The second kappa shape index (κ2) is 12.6. The van der Waals surface area contributed by atoms with E-state index in [-0.39, 0.29) is 0 Å². The molecular formula is C29H46. The van der Waals surface area contributed by atoms with E-state index in [4.69, 9.17) is 0 Å². The third-order valence-corrected chi connectivity index (χ3v) is 7.86. The van der Waals surface area contributed by atoms with Crippen LogP contribution in [-0.2, 0) is 6.42 Å². The first-order valence-corrected chi connectivity index (χ1v) is 13.0. The largest absolute Gasteiger partial charge is 0.0883 e. The summed E-state index contributed by atoms with van der Waals surface area (Å²) >= 11 is 0. The SMILES string of the molecule is CCC/C=C/[C@H]1CC[C@H](c2ccc(CC[C@H]3CC[C@H](CCCC)CC3)cc2)CC1. The summed E-state index contributed by atoms with van der Waals surface area (Å²) in [4.78, 5) is 0. The summed E-state index contributed by atoms with van der Waals surface area (Å²) in [5.74, 6) is 3.68. The number of aryl methyl sites for hydroxylation is 1. The Hall–Kier alpha value is -1.04. The number of hydrogen-bond acceptors (Lipinski definition) is 0. The van der Waals surface area contributed by atoms with Crippen LogP contribution in [0, 0.1) is 17.8 Å². The molecule has 0 atom stereocenters. The van der Waals surface area contributed by atoms with E-state index in [0.717, 1.165) is 23.7 Å².